The highest BCUT2D eigenvalue weighted by atomic mass is 16.5. The lowest BCUT2D eigenvalue weighted by atomic mass is 9.65. The van der Waals surface area contributed by atoms with Crippen molar-refractivity contribution < 1.29 is 48.2 Å². The van der Waals surface area contributed by atoms with Crippen LogP contribution in [0, 0.1) is 5.92 Å². The van der Waals surface area contributed by atoms with Gasteiger partial charge in [-0.05, 0) is 121 Å². The van der Waals surface area contributed by atoms with Gasteiger partial charge in [-0.2, -0.15) is 0 Å². The van der Waals surface area contributed by atoms with E-state index in [1.54, 1.807) is 24.3 Å². The molecular weight excluding hydrogens is 1140 g/mol. The highest BCUT2D eigenvalue weighted by Gasteiger charge is 2.43. The fourth-order valence-corrected chi connectivity index (χ4v) is 11.5. The number of benzene rings is 10. The Labute approximate surface area is 538 Å². The molecule has 3 atom stereocenters. The van der Waals surface area contributed by atoms with Crippen LogP contribution in [0.2, 0.25) is 0 Å². The Morgan fingerprint density at radius 2 is 0.859 bits per heavy atom. The lowest BCUT2D eigenvalue weighted by Crippen LogP contribution is -2.32. The smallest absolute Gasteiger partial charge is 0.189 e. The van der Waals surface area contributed by atoms with E-state index >= 15 is 9.59 Å². The first-order valence-electron chi connectivity index (χ1n) is 31.1. The van der Waals surface area contributed by atoms with Crippen molar-refractivity contribution in [3.8, 4) is 46.0 Å². The molecule has 2 N–H and O–H groups in total. The van der Waals surface area contributed by atoms with Gasteiger partial charge in [0.15, 0.2) is 11.6 Å². The van der Waals surface area contributed by atoms with Gasteiger partial charge in [0.1, 0.15) is 85.6 Å². The number of ether oxygens (including phenoxy) is 6. The molecule has 0 amide bonds. The van der Waals surface area contributed by atoms with Gasteiger partial charge in [0.25, 0.3) is 0 Å². The number of carbonyl (C=O) groups is 2. The molecule has 0 heterocycles. The normalized spacial score (nSPS) is 14.4. The maximum atomic E-state index is 16.5. The topological polar surface area (TPSA) is 130 Å². The summed E-state index contributed by atoms with van der Waals surface area (Å²) in [5, 5.41) is 24.5. The minimum absolute atomic E-state index is 0.0177. The Kier molecular flexibility index (Phi) is 20.9. The molecule has 0 spiro atoms. The van der Waals surface area contributed by atoms with Gasteiger partial charge in [-0.3, -0.25) is 9.59 Å². The minimum Gasteiger partial charge on any atom is -0.507 e. The van der Waals surface area contributed by atoms with Gasteiger partial charge in [0, 0.05) is 53.1 Å². The number of hydrogen-bond donors (Lipinski definition) is 2. The first kappa shape index (κ1) is 62.8. The summed E-state index contributed by atoms with van der Waals surface area (Å²) in [6.07, 6.45) is 8.05. The van der Waals surface area contributed by atoms with Gasteiger partial charge in [-0.15, -0.1) is 0 Å². The van der Waals surface area contributed by atoms with Crippen molar-refractivity contribution >= 4 is 17.6 Å². The zero-order valence-electron chi connectivity index (χ0n) is 52.0. The summed E-state index contributed by atoms with van der Waals surface area (Å²) in [6.45, 7) is 7.55. The van der Waals surface area contributed by atoms with Crippen molar-refractivity contribution in [1.29, 1.82) is 0 Å². The van der Waals surface area contributed by atoms with Crippen molar-refractivity contribution in [2.24, 2.45) is 5.92 Å². The molecule has 1 aliphatic rings. The SMILES string of the molecule is CC(C)=CCc1cc(C(=O)[C@H]2C(c3cc(C(=O)/C=C/c4ccc(OCc5ccccc5)cc4OCc4ccccc4)c(O)cc3OCc3ccccc3)C=C(C)C[C@@H]2c2ccc(OCc3ccccc3)cc2OCc2ccccc2)c(O)cc1OCc1ccccc1. The van der Waals surface area contributed by atoms with Crippen LogP contribution in [0.4, 0.5) is 0 Å². The second-order valence-corrected chi connectivity index (χ2v) is 23.4. The molecule has 0 aliphatic heterocycles. The molecule has 0 radical (unpaired) electrons. The van der Waals surface area contributed by atoms with Gasteiger partial charge in [-0.25, -0.2) is 0 Å². The summed E-state index contributed by atoms with van der Waals surface area (Å²) in [4.78, 5) is 31.6. The molecule has 10 heteroatoms. The molecule has 0 fully saturated rings. The predicted octanol–water partition coefficient (Wildman–Crippen LogP) is 18.7. The predicted molar refractivity (Wildman–Crippen MR) is 362 cm³/mol. The van der Waals surface area contributed by atoms with Gasteiger partial charge >= 0.3 is 0 Å². The first-order valence-corrected chi connectivity index (χ1v) is 31.1. The van der Waals surface area contributed by atoms with E-state index in [1.807, 2.05) is 239 Å². The third-order valence-electron chi connectivity index (χ3n) is 16.3. The van der Waals surface area contributed by atoms with E-state index in [4.69, 9.17) is 28.4 Å². The molecular formula is C82H74O10. The highest BCUT2D eigenvalue weighted by molar-refractivity contribution is 6.09. The fraction of sp³-hybridized carbons (Fsp3) is 0.171. The third kappa shape index (κ3) is 16.5. The molecule has 10 nitrogen and oxygen atoms in total. The van der Waals surface area contributed by atoms with Crippen molar-refractivity contribution in [3.05, 3.63) is 339 Å². The molecule has 1 unspecified atom stereocenters. The summed E-state index contributed by atoms with van der Waals surface area (Å²) in [6, 6.07) is 76.7. The Hall–Kier alpha value is -10.8. The van der Waals surface area contributed by atoms with Gasteiger partial charge in [-0.1, -0.05) is 211 Å². The van der Waals surface area contributed by atoms with Crippen molar-refractivity contribution in [2.75, 3.05) is 0 Å². The van der Waals surface area contributed by atoms with E-state index in [2.05, 4.69) is 12.2 Å². The van der Waals surface area contributed by atoms with E-state index in [-0.39, 0.29) is 60.6 Å². The molecule has 462 valence electrons. The molecule has 1 aliphatic carbocycles. The van der Waals surface area contributed by atoms with Crippen molar-refractivity contribution in [2.45, 2.75) is 85.1 Å². The van der Waals surface area contributed by atoms with Gasteiger partial charge < -0.3 is 38.6 Å². The average molecular weight is 1220 g/mol. The summed E-state index contributed by atoms with van der Waals surface area (Å²) < 4.78 is 39.2. The molecule has 0 saturated carbocycles. The number of hydrogen-bond acceptors (Lipinski definition) is 10. The van der Waals surface area contributed by atoms with Gasteiger partial charge in [0.2, 0.25) is 0 Å². The maximum absolute atomic E-state index is 16.5. The molecule has 10 aromatic carbocycles. The van der Waals surface area contributed by atoms with Crippen LogP contribution >= 0.6 is 0 Å². The Morgan fingerprint density at radius 3 is 1.35 bits per heavy atom. The van der Waals surface area contributed by atoms with Crippen LogP contribution in [-0.4, -0.2) is 21.8 Å². The molecule has 0 saturated heterocycles. The number of phenolic OH excluding ortho intramolecular Hbond substituents is 2. The van der Waals surface area contributed by atoms with Crippen LogP contribution in [0.25, 0.3) is 6.08 Å². The second-order valence-electron chi connectivity index (χ2n) is 23.4. The lowest BCUT2D eigenvalue weighted by molar-refractivity contribution is 0.0875. The van der Waals surface area contributed by atoms with Crippen LogP contribution in [0.3, 0.4) is 0 Å². The van der Waals surface area contributed by atoms with Crippen molar-refractivity contribution in [3.63, 3.8) is 0 Å². The van der Waals surface area contributed by atoms with E-state index in [0.29, 0.717) is 71.5 Å². The third-order valence-corrected chi connectivity index (χ3v) is 16.3. The maximum Gasteiger partial charge on any atom is 0.189 e. The summed E-state index contributed by atoms with van der Waals surface area (Å²) in [5.74, 6) is -0.974. The monoisotopic (exact) mass is 1220 g/mol. The average Bonchev–Trinajstić information content (AvgIpc) is 0.777. The van der Waals surface area contributed by atoms with Gasteiger partial charge in [0.05, 0.1) is 11.1 Å². The minimum atomic E-state index is -0.985. The van der Waals surface area contributed by atoms with Crippen LogP contribution in [-0.2, 0) is 46.1 Å². The molecule has 0 bridgehead atoms. The highest BCUT2D eigenvalue weighted by Crippen LogP contribution is 2.53. The number of allylic oxidation sites excluding steroid dienone is 5. The number of carbonyl (C=O) groups excluding carboxylic acids is 2. The molecule has 10 aromatic rings. The zero-order chi connectivity index (χ0) is 63.6. The molecule has 0 aromatic heterocycles. The zero-order valence-corrected chi connectivity index (χ0v) is 52.0. The van der Waals surface area contributed by atoms with E-state index in [1.165, 1.54) is 12.1 Å². The van der Waals surface area contributed by atoms with Crippen LogP contribution in [0.5, 0.6) is 46.0 Å². The number of aromatic hydroxyl groups is 2. The fourth-order valence-electron chi connectivity index (χ4n) is 11.5. The van der Waals surface area contributed by atoms with E-state index in [9.17, 15) is 10.2 Å². The first-order chi connectivity index (χ1) is 45.0. The molecule has 11 rings (SSSR count). The van der Waals surface area contributed by atoms with Crippen LogP contribution in [0.1, 0.15) is 115 Å². The molecule has 92 heavy (non-hydrogen) atoms. The summed E-state index contributed by atoms with van der Waals surface area (Å²) in [5.41, 5.74) is 10.3. The Balaban J connectivity index is 1.03. The summed E-state index contributed by atoms with van der Waals surface area (Å²) in [7, 11) is 0. The van der Waals surface area contributed by atoms with E-state index in [0.717, 1.165) is 50.1 Å². The van der Waals surface area contributed by atoms with Crippen LogP contribution < -0.4 is 28.4 Å². The number of phenols is 2. The van der Waals surface area contributed by atoms with E-state index < -0.39 is 23.5 Å². The Morgan fingerprint density at radius 1 is 0.446 bits per heavy atom. The second kappa shape index (κ2) is 30.6. The number of Topliss-reactive ketones (excluding diaryl/α,β-unsaturated/α-hetero) is 1. The van der Waals surface area contributed by atoms with Crippen LogP contribution in [0.15, 0.2) is 272 Å². The number of ketones is 2. The Bertz CT molecular complexity index is 4200. The summed E-state index contributed by atoms with van der Waals surface area (Å²) >= 11 is 0. The largest absolute Gasteiger partial charge is 0.507 e. The standard InChI is InChI=1S/C82H74O10/c1-56(2)34-35-65-44-73(76(85)48-78(65)90-53-61-28-16-7-17-29-61)82(86)81-70(68-40-39-67(88-51-59-24-12-5-13-25-59)46-79(68)91-54-62-30-18-8-19-31-62)42-57(3)43-71(81)69-47-72(75(84)49-80(69)92-55-63-32-20-9-21-33-63)74(83)41-37-64-36-38-66(87-50-58-22-10-4-11-23-58)45-77(64)89-52-60-26-14-6-15-27-60/h4-34,36-41,43-49,70-71,81,84-85H,35,42,50-55H2,1-3H3/b41-37+/t70-,71?,81-/m1/s1. The van der Waals surface area contributed by atoms with Crippen molar-refractivity contribution in [1.82, 2.24) is 0 Å². The number of rotatable bonds is 27. The quantitative estimate of drug-likeness (QED) is 0.0292. The lowest BCUT2D eigenvalue weighted by Gasteiger charge is -2.38.